The van der Waals surface area contributed by atoms with E-state index in [1.807, 2.05) is 70.4 Å². The maximum Gasteiger partial charge on any atom is 0.164 e. The van der Waals surface area contributed by atoms with Gasteiger partial charge in [0, 0.05) is 59.0 Å². The van der Waals surface area contributed by atoms with E-state index >= 15 is 0 Å². The van der Waals surface area contributed by atoms with E-state index in [2.05, 4.69) is 86.8 Å². The summed E-state index contributed by atoms with van der Waals surface area (Å²) in [5, 5.41) is 18.7. The molecule has 0 aliphatic carbocycles. The topological polar surface area (TPSA) is 50.2 Å². The number of allylic oxidation sites excluding steroid dienone is 2. The minimum atomic E-state index is -0.337. The van der Waals surface area contributed by atoms with Gasteiger partial charge in [0.05, 0.1) is 9.40 Å². The van der Waals surface area contributed by atoms with E-state index in [1.165, 1.54) is 47.3 Å². The van der Waals surface area contributed by atoms with E-state index in [0.717, 1.165) is 42.3 Å². The number of ketones is 1. The first-order valence-corrected chi connectivity index (χ1v) is 18.6. The summed E-state index contributed by atoms with van der Waals surface area (Å²) in [4.78, 5) is 17.0. The molecule has 1 N–H and O–H groups in total. The molecule has 0 fully saturated rings. The molecule has 0 aliphatic heterocycles. The van der Waals surface area contributed by atoms with E-state index in [4.69, 9.17) is 4.98 Å². The fourth-order valence-electron chi connectivity index (χ4n) is 6.04. The van der Waals surface area contributed by atoms with Gasteiger partial charge in [0.25, 0.3) is 0 Å². The molecule has 0 atom stereocenters. The Morgan fingerprint density at radius 2 is 1.46 bits per heavy atom. The number of aliphatic hydroxyl groups excluding tert-OH is 1. The summed E-state index contributed by atoms with van der Waals surface area (Å²) in [7, 11) is 0. The average Bonchev–Trinajstić information content (AvgIpc) is 3.71. The third kappa shape index (κ3) is 7.19. The monoisotopic (exact) mass is 855 g/mol. The number of carbonyl (C=O) groups excluding carboxylic acids is 1. The van der Waals surface area contributed by atoms with Crippen LogP contribution in [-0.4, -0.2) is 15.9 Å². The van der Waals surface area contributed by atoms with Crippen LogP contribution in [0.25, 0.3) is 52.3 Å². The molecule has 48 heavy (non-hydrogen) atoms. The molecule has 255 valence electrons. The molecule has 0 spiro atoms. The molecule has 0 amide bonds. The second kappa shape index (κ2) is 14.9. The molecule has 0 aliphatic rings. The van der Waals surface area contributed by atoms with Crippen molar-refractivity contribution in [3.63, 3.8) is 0 Å². The van der Waals surface area contributed by atoms with Crippen LogP contribution in [0.3, 0.4) is 0 Å². The van der Waals surface area contributed by atoms with Crippen LogP contribution in [0.1, 0.15) is 93.6 Å². The third-order valence-electron chi connectivity index (χ3n) is 10.4. The second-order valence-corrected chi connectivity index (χ2v) is 16.2. The minimum Gasteiger partial charge on any atom is -0.512 e. The van der Waals surface area contributed by atoms with Crippen LogP contribution < -0.4 is 0 Å². The van der Waals surface area contributed by atoms with Gasteiger partial charge >= 0.3 is 0 Å². The summed E-state index contributed by atoms with van der Waals surface area (Å²) >= 11 is 3.69. The Bertz CT molecular complexity index is 2090. The molecule has 6 rings (SSSR count). The molecular weight excluding hydrogens is 807 g/mol. The van der Waals surface area contributed by atoms with Gasteiger partial charge in [-0.05, 0) is 59.4 Å². The minimum absolute atomic E-state index is 0. The number of thiophene rings is 2. The Hall–Kier alpha value is -2.89. The van der Waals surface area contributed by atoms with Crippen molar-refractivity contribution in [1.82, 2.24) is 4.98 Å². The van der Waals surface area contributed by atoms with Gasteiger partial charge in [0.1, 0.15) is 5.76 Å². The number of nitrogens with zero attached hydrogens (tertiary/aromatic N) is 1. The molecule has 3 nitrogen and oxygen atoms in total. The van der Waals surface area contributed by atoms with Crippen LogP contribution >= 0.6 is 22.7 Å². The fourth-order valence-corrected chi connectivity index (χ4v) is 8.40. The molecule has 1 radical (unpaired) electrons. The van der Waals surface area contributed by atoms with Crippen molar-refractivity contribution in [1.29, 1.82) is 0 Å². The molecule has 0 bridgehead atoms. The normalized spacial score (nSPS) is 12.7. The summed E-state index contributed by atoms with van der Waals surface area (Å²) < 4.78 is 3.99. The Morgan fingerprint density at radius 3 is 2.10 bits per heavy atom. The first kappa shape index (κ1) is 37.9. The van der Waals surface area contributed by atoms with Crippen LogP contribution in [-0.2, 0) is 30.3 Å². The van der Waals surface area contributed by atoms with Crippen molar-refractivity contribution in [2.24, 2.45) is 10.8 Å². The van der Waals surface area contributed by atoms with Crippen molar-refractivity contribution < 1.29 is 30.0 Å². The Balaban J connectivity index is 0.000000251. The number of benzene rings is 3. The van der Waals surface area contributed by atoms with Crippen molar-refractivity contribution in [2.45, 2.75) is 93.4 Å². The van der Waals surface area contributed by atoms with E-state index in [9.17, 15) is 9.90 Å². The number of aliphatic hydroxyl groups is 1. The smallest absolute Gasteiger partial charge is 0.164 e. The summed E-state index contributed by atoms with van der Waals surface area (Å²) in [5.74, 6) is 0.286. The average molecular weight is 855 g/mol. The zero-order chi connectivity index (χ0) is 34.1. The predicted octanol–water partition coefficient (Wildman–Crippen LogP) is 13.2. The molecule has 0 saturated carbocycles. The molecule has 3 aromatic heterocycles. The van der Waals surface area contributed by atoms with Gasteiger partial charge in [-0.15, -0.1) is 51.8 Å². The molecule has 0 saturated heterocycles. The summed E-state index contributed by atoms with van der Waals surface area (Å²) in [6.07, 6.45) is 6.70. The number of pyridine rings is 1. The van der Waals surface area contributed by atoms with Crippen LogP contribution in [0.2, 0.25) is 0 Å². The van der Waals surface area contributed by atoms with Crippen LogP contribution in [0.15, 0.2) is 78.0 Å². The van der Waals surface area contributed by atoms with Crippen molar-refractivity contribution in [2.75, 3.05) is 0 Å². The number of fused-ring (bicyclic) bond motifs is 6. The van der Waals surface area contributed by atoms with Crippen LogP contribution in [0, 0.1) is 16.9 Å². The van der Waals surface area contributed by atoms with Gasteiger partial charge in [-0.1, -0.05) is 104 Å². The Morgan fingerprint density at radius 1 is 0.812 bits per heavy atom. The van der Waals surface area contributed by atoms with Crippen LogP contribution in [0.4, 0.5) is 0 Å². The number of hydrogen-bond donors (Lipinski definition) is 1. The van der Waals surface area contributed by atoms with Gasteiger partial charge in [0.15, 0.2) is 5.78 Å². The van der Waals surface area contributed by atoms with Gasteiger partial charge in [-0.2, -0.15) is 0 Å². The largest absolute Gasteiger partial charge is 0.512 e. The zero-order valence-corrected chi connectivity index (χ0v) is 33.7. The maximum absolute atomic E-state index is 12.2. The van der Waals surface area contributed by atoms with E-state index < -0.39 is 0 Å². The number of hydrogen-bond acceptors (Lipinski definition) is 5. The second-order valence-electron chi connectivity index (χ2n) is 14.2. The number of aromatic nitrogens is 1. The van der Waals surface area contributed by atoms with Gasteiger partial charge in [-0.3, -0.25) is 9.78 Å². The molecule has 3 aromatic carbocycles. The molecule has 6 heteroatoms. The Kier molecular flexibility index (Phi) is 11.8. The van der Waals surface area contributed by atoms with Crippen LogP contribution in [0.5, 0.6) is 0 Å². The zero-order valence-electron chi connectivity index (χ0n) is 29.7. The van der Waals surface area contributed by atoms with Crippen molar-refractivity contribution >= 4 is 69.5 Å². The Labute approximate surface area is 307 Å². The third-order valence-corrected chi connectivity index (χ3v) is 12.7. The number of rotatable bonds is 8. The number of carbonyl (C=O) groups is 1. The van der Waals surface area contributed by atoms with E-state index in [-0.39, 0.29) is 47.9 Å². The van der Waals surface area contributed by atoms with Crippen molar-refractivity contribution in [3.8, 4) is 11.3 Å². The molecular formula is C42H48IrNO2S2-. The van der Waals surface area contributed by atoms with E-state index in [0.29, 0.717) is 0 Å². The standard InChI is InChI=1S/C27H20NS2.C15H28O2.Ir/c1-27(2,3)22-15-18(14-17-6-4-5-7-19(17)22)23-25-21(10-12-28-23)20-9-8-16-11-13-29-24(16)26(20)30-25;1-7-14(5,8-2)12(16)11-13(17)15(6,9-3)10-4;/h4-13,15H,1-3H3;11,16H,7-10H2,1-6H3;/q-1;;/b;12-11-;. The quantitative estimate of drug-likeness (QED) is 0.0943. The summed E-state index contributed by atoms with van der Waals surface area (Å²) in [5.41, 5.74) is 2.90. The van der Waals surface area contributed by atoms with Gasteiger partial charge < -0.3 is 5.11 Å². The van der Waals surface area contributed by atoms with E-state index in [1.54, 1.807) is 0 Å². The SMILES string of the molecule is CC(C)(C)c1cc(-c2nccc3c2sc2c3ccc3ccsc32)[c-]c2ccccc12.CCC(C)(CC)C(=O)/C=C(\O)C(C)(CC)CC.[Ir]. The summed E-state index contributed by atoms with van der Waals surface area (Å²) in [6, 6.07) is 23.4. The van der Waals surface area contributed by atoms with Gasteiger partial charge in [0.2, 0.25) is 0 Å². The molecule has 6 aromatic rings. The van der Waals surface area contributed by atoms with Gasteiger partial charge in [-0.25, -0.2) is 0 Å². The summed E-state index contributed by atoms with van der Waals surface area (Å²) in [6.45, 7) is 18.9. The maximum atomic E-state index is 12.2. The predicted molar refractivity (Wildman–Crippen MR) is 206 cm³/mol. The molecule has 0 unspecified atom stereocenters. The molecule has 3 heterocycles. The first-order valence-electron chi connectivity index (χ1n) is 16.9. The first-order chi connectivity index (χ1) is 22.3. The fraction of sp³-hybridized carbons (Fsp3) is 0.381. The van der Waals surface area contributed by atoms with Crippen molar-refractivity contribution in [3.05, 3.63) is 89.6 Å².